The van der Waals surface area contributed by atoms with Gasteiger partial charge in [-0.1, -0.05) is 18.2 Å². The Bertz CT molecular complexity index is 515. The van der Waals surface area contributed by atoms with Gasteiger partial charge in [-0.3, -0.25) is 4.90 Å². The number of likely N-dealkylation sites (tertiary alicyclic amines) is 1. The van der Waals surface area contributed by atoms with Gasteiger partial charge in [-0.15, -0.1) is 11.3 Å². The van der Waals surface area contributed by atoms with Crippen molar-refractivity contribution in [3.63, 3.8) is 0 Å². The van der Waals surface area contributed by atoms with Crippen molar-refractivity contribution >= 4 is 21.4 Å². The van der Waals surface area contributed by atoms with Crippen molar-refractivity contribution in [3.8, 4) is 0 Å². The molecule has 1 aliphatic rings. The zero-order chi connectivity index (χ0) is 13.8. The normalized spacial score (nSPS) is 16.6. The van der Waals surface area contributed by atoms with E-state index in [0.717, 1.165) is 45.7 Å². The third-order valence-corrected chi connectivity index (χ3v) is 4.85. The molecule has 108 valence electrons. The van der Waals surface area contributed by atoms with E-state index in [1.54, 1.807) is 0 Å². The molecule has 1 aromatic carbocycles. The number of β-amino-alcohol motifs (C(OH)–C–C–N with tert-alkyl or cyclic N) is 1. The van der Waals surface area contributed by atoms with Crippen molar-refractivity contribution < 1.29 is 9.84 Å². The molecule has 0 spiro atoms. The summed E-state index contributed by atoms with van der Waals surface area (Å²) in [5.74, 6) is 0. The number of aliphatic hydroxyl groups is 1. The van der Waals surface area contributed by atoms with Crippen LogP contribution in [0.1, 0.15) is 11.3 Å². The lowest BCUT2D eigenvalue weighted by Gasteiger charge is -2.35. The fourth-order valence-corrected chi connectivity index (χ4v) is 3.60. The van der Waals surface area contributed by atoms with E-state index in [0.29, 0.717) is 0 Å². The predicted molar refractivity (Wildman–Crippen MR) is 83.4 cm³/mol. The highest BCUT2D eigenvalue weighted by Gasteiger charge is 2.22. The minimum absolute atomic E-state index is 0.0936. The highest BCUT2D eigenvalue weighted by molar-refractivity contribution is 7.19. The van der Waals surface area contributed by atoms with Crippen molar-refractivity contribution in [1.82, 2.24) is 4.90 Å². The summed E-state index contributed by atoms with van der Waals surface area (Å²) in [7, 11) is 0. The maximum atomic E-state index is 9.17. The fourth-order valence-electron chi connectivity index (χ4n) is 2.55. The van der Waals surface area contributed by atoms with Crippen LogP contribution in [-0.4, -0.2) is 49.0 Å². The molecule has 0 unspecified atom stereocenters. The monoisotopic (exact) mass is 291 g/mol. The van der Waals surface area contributed by atoms with Gasteiger partial charge in [0, 0.05) is 42.2 Å². The summed E-state index contributed by atoms with van der Waals surface area (Å²) >= 11 is 1.86. The second-order valence-electron chi connectivity index (χ2n) is 5.38. The molecule has 0 bridgehead atoms. The van der Waals surface area contributed by atoms with Crippen molar-refractivity contribution in [1.29, 1.82) is 0 Å². The van der Waals surface area contributed by atoms with Crippen molar-refractivity contribution in [3.05, 3.63) is 35.2 Å². The molecule has 0 radical (unpaired) electrons. The summed E-state index contributed by atoms with van der Waals surface area (Å²) < 4.78 is 7.06. The Balaban J connectivity index is 1.31. The highest BCUT2D eigenvalue weighted by atomic mass is 32.1. The molecule has 2 aromatic rings. The predicted octanol–water partition coefficient (Wildman–Crippen LogP) is 2.53. The fraction of sp³-hybridized carbons (Fsp3) is 0.500. The summed E-state index contributed by atoms with van der Waals surface area (Å²) in [6.07, 6.45) is 1.96. The Labute approximate surface area is 123 Å². The first kappa shape index (κ1) is 14.0. The number of fused-ring (bicyclic) bond motifs is 1. The average Bonchev–Trinajstić information content (AvgIpc) is 2.83. The van der Waals surface area contributed by atoms with Crippen LogP contribution in [0.2, 0.25) is 0 Å². The lowest BCUT2D eigenvalue weighted by molar-refractivity contribution is -0.00303. The molecule has 1 saturated heterocycles. The summed E-state index contributed by atoms with van der Waals surface area (Å²) in [5, 5.41) is 10.5. The Hall–Kier alpha value is -0.940. The number of hydrogen-bond donors (Lipinski definition) is 1. The first-order valence-corrected chi connectivity index (χ1v) is 8.08. The second kappa shape index (κ2) is 6.68. The summed E-state index contributed by atoms with van der Waals surface area (Å²) in [5.41, 5.74) is 0. The van der Waals surface area contributed by atoms with Gasteiger partial charge in [0.1, 0.15) is 0 Å². The summed E-state index contributed by atoms with van der Waals surface area (Å²) in [6, 6.07) is 10.8. The minimum Gasteiger partial charge on any atom is -0.390 e. The van der Waals surface area contributed by atoms with E-state index < -0.39 is 0 Å². The van der Waals surface area contributed by atoms with Crippen LogP contribution in [0.15, 0.2) is 30.3 Å². The first-order valence-electron chi connectivity index (χ1n) is 7.27. The van der Waals surface area contributed by atoms with Crippen LogP contribution in [0.5, 0.6) is 0 Å². The van der Waals surface area contributed by atoms with Gasteiger partial charge in [0.05, 0.1) is 12.7 Å². The maximum absolute atomic E-state index is 9.17. The van der Waals surface area contributed by atoms with Gasteiger partial charge in [0.2, 0.25) is 0 Å². The van der Waals surface area contributed by atoms with Crippen LogP contribution in [0.3, 0.4) is 0 Å². The molecule has 3 nitrogen and oxygen atoms in total. The van der Waals surface area contributed by atoms with Crippen LogP contribution in [0, 0.1) is 0 Å². The Morgan fingerprint density at radius 2 is 2.10 bits per heavy atom. The number of aliphatic hydroxyl groups excluding tert-OH is 1. The van der Waals surface area contributed by atoms with Crippen LogP contribution in [0.25, 0.3) is 10.1 Å². The van der Waals surface area contributed by atoms with E-state index in [4.69, 9.17) is 4.74 Å². The number of benzene rings is 1. The topological polar surface area (TPSA) is 32.7 Å². The smallest absolute Gasteiger partial charge is 0.0793 e. The lowest BCUT2D eigenvalue weighted by Crippen LogP contribution is -2.50. The third kappa shape index (κ3) is 3.58. The van der Waals surface area contributed by atoms with E-state index in [2.05, 4.69) is 35.2 Å². The van der Waals surface area contributed by atoms with E-state index in [9.17, 15) is 5.11 Å². The van der Waals surface area contributed by atoms with E-state index in [-0.39, 0.29) is 6.10 Å². The number of nitrogens with zero attached hydrogens (tertiary/aromatic N) is 1. The van der Waals surface area contributed by atoms with Gasteiger partial charge in [0.15, 0.2) is 0 Å². The lowest BCUT2D eigenvalue weighted by atomic mass is 10.1. The van der Waals surface area contributed by atoms with Crippen LogP contribution < -0.4 is 0 Å². The Kier molecular flexibility index (Phi) is 4.68. The molecule has 0 amide bonds. The van der Waals surface area contributed by atoms with Crippen molar-refractivity contribution in [2.24, 2.45) is 0 Å². The van der Waals surface area contributed by atoms with Gasteiger partial charge >= 0.3 is 0 Å². The summed E-state index contributed by atoms with van der Waals surface area (Å²) in [4.78, 5) is 3.66. The zero-order valence-corrected chi connectivity index (χ0v) is 12.4. The Morgan fingerprint density at radius 3 is 2.90 bits per heavy atom. The molecule has 1 aromatic heterocycles. The number of thiophene rings is 1. The van der Waals surface area contributed by atoms with Gasteiger partial charge in [-0.25, -0.2) is 0 Å². The molecule has 1 aliphatic heterocycles. The van der Waals surface area contributed by atoms with Crippen LogP contribution in [-0.2, 0) is 11.2 Å². The van der Waals surface area contributed by atoms with Crippen LogP contribution in [0.4, 0.5) is 0 Å². The number of ether oxygens (including phenoxy) is 1. The quantitative estimate of drug-likeness (QED) is 0.796. The molecular weight excluding hydrogens is 270 g/mol. The van der Waals surface area contributed by atoms with Gasteiger partial charge in [-0.2, -0.15) is 0 Å². The van der Waals surface area contributed by atoms with Crippen molar-refractivity contribution in [2.45, 2.75) is 18.9 Å². The van der Waals surface area contributed by atoms with Crippen LogP contribution >= 0.6 is 11.3 Å². The van der Waals surface area contributed by atoms with Gasteiger partial charge in [-0.05, 0) is 23.9 Å². The second-order valence-corrected chi connectivity index (χ2v) is 6.55. The molecule has 0 saturated carbocycles. The molecule has 0 atom stereocenters. The van der Waals surface area contributed by atoms with Gasteiger partial charge < -0.3 is 9.84 Å². The molecule has 20 heavy (non-hydrogen) atoms. The molecule has 3 rings (SSSR count). The highest BCUT2D eigenvalue weighted by Crippen LogP contribution is 2.25. The first-order chi connectivity index (χ1) is 9.81. The number of rotatable bonds is 7. The Morgan fingerprint density at radius 1 is 1.25 bits per heavy atom. The SMILES string of the molecule is OC1CN(CCCOCCc2cc3ccccc3s2)C1. The largest absolute Gasteiger partial charge is 0.390 e. The minimum atomic E-state index is -0.0936. The van der Waals surface area contributed by atoms with E-state index in [1.165, 1.54) is 15.0 Å². The maximum Gasteiger partial charge on any atom is 0.0793 e. The van der Waals surface area contributed by atoms with E-state index in [1.807, 2.05) is 11.3 Å². The zero-order valence-electron chi connectivity index (χ0n) is 11.6. The van der Waals surface area contributed by atoms with Crippen molar-refractivity contribution in [2.75, 3.05) is 32.8 Å². The van der Waals surface area contributed by atoms with E-state index >= 15 is 0 Å². The summed E-state index contributed by atoms with van der Waals surface area (Å²) in [6.45, 7) is 4.33. The van der Waals surface area contributed by atoms with Gasteiger partial charge in [0.25, 0.3) is 0 Å². The standard InChI is InChI=1S/C16H21NO2S/c18-14-11-17(12-14)7-3-8-19-9-6-15-10-13-4-1-2-5-16(13)20-15/h1-2,4-5,10,14,18H,3,6-9,11-12H2. The molecule has 1 N–H and O–H groups in total. The molecular formula is C16H21NO2S. The molecule has 4 heteroatoms. The molecule has 0 aliphatic carbocycles. The average molecular weight is 291 g/mol. The molecule has 1 fully saturated rings. The molecule has 2 heterocycles. The number of hydrogen-bond acceptors (Lipinski definition) is 4. The third-order valence-electron chi connectivity index (χ3n) is 3.67.